The van der Waals surface area contributed by atoms with Gasteiger partial charge in [0.05, 0.1) is 6.61 Å². The van der Waals surface area contributed by atoms with Crippen LogP contribution in [0, 0.1) is 5.82 Å². The Morgan fingerprint density at radius 1 is 1.37 bits per heavy atom. The first-order valence-electron chi connectivity index (χ1n) is 7.05. The molecular formula is C15H23FN2O. The fourth-order valence-electron chi connectivity index (χ4n) is 2.84. The molecule has 4 heteroatoms. The van der Waals surface area contributed by atoms with Crippen molar-refractivity contribution in [3.05, 3.63) is 29.6 Å². The van der Waals surface area contributed by atoms with Gasteiger partial charge in [-0.3, -0.25) is 4.90 Å². The van der Waals surface area contributed by atoms with E-state index in [9.17, 15) is 4.39 Å². The maximum absolute atomic E-state index is 14.0. The van der Waals surface area contributed by atoms with Crippen LogP contribution in [0.2, 0.25) is 0 Å². The van der Waals surface area contributed by atoms with Gasteiger partial charge in [0.1, 0.15) is 0 Å². The summed E-state index contributed by atoms with van der Waals surface area (Å²) in [7, 11) is 0. The van der Waals surface area contributed by atoms with Crippen molar-refractivity contribution in [2.45, 2.75) is 38.8 Å². The molecule has 0 radical (unpaired) electrons. The number of halogens is 1. The van der Waals surface area contributed by atoms with Crippen LogP contribution in [-0.2, 0) is 0 Å². The first-order valence-corrected chi connectivity index (χ1v) is 7.05. The van der Waals surface area contributed by atoms with Crippen LogP contribution in [0.4, 0.5) is 4.39 Å². The largest absolute Gasteiger partial charge is 0.491 e. The number of likely N-dealkylation sites (tertiary alicyclic amines) is 1. The number of nitrogens with zero attached hydrogens (tertiary/aromatic N) is 1. The standard InChI is InChI=1S/C15H23FN2O/c1-3-19-14-7-6-12(10-13(14)16)15(11(2)17)18-8-4-5-9-18/h6-7,10-11,15H,3-5,8-9,17H2,1-2H3. The lowest BCUT2D eigenvalue weighted by atomic mass is 9.99. The fourth-order valence-corrected chi connectivity index (χ4v) is 2.84. The number of nitrogens with two attached hydrogens (primary N) is 1. The molecule has 0 aromatic heterocycles. The van der Waals surface area contributed by atoms with E-state index in [4.69, 9.17) is 10.5 Å². The van der Waals surface area contributed by atoms with Gasteiger partial charge in [-0.25, -0.2) is 4.39 Å². The summed E-state index contributed by atoms with van der Waals surface area (Å²) in [6.07, 6.45) is 2.39. The van der Waals surface area contributed by atoms with E-state index in [1.807, 2.05) is 19.9 Å². The highest BCUT2D eigenvalue weighted by atomic mass is 19.1. The van der Waals surface area contributed by atoms with Gasteiger partial charge in [-0.2, -0.15) is 0 Å². The average Bonchev–Trinajstić information content (AvgIpc) is 2.86. The zero-order chi connectivity index (χ0) is 13.8. The van der Waals surface area contributed by atoms with Crippen molar-refractivity contribution >= 4 is 0 Å². The molecule has 2 unspecified atom stereocenters. The second-order valence-corrected chi connectivity index (χ2v) is 5.17. The predicted molar refractivity (Wildman–Crippen MR) is 74.8 cm³/mol. The Hall–Kier alpha value is -1.13. The minimum Gasteiger partial charge on any atom is -0.491 e. The molecule has 19 heavy (non-hydrogen) atoms. The fraction of sp³-hybridized carbons (Fsp3) is 0.600. The van der Waals surface area contributed by atoms with E-state index in [1.54, 1.807) is 12.1 Å². The summed E-state index contributed by atoms with van der Waals surface area (Å²) in [5, 5.41) is 0. The number of rotatable bonds is 5. The highest BCUT2D eigenvalue weighted by Crippen LogP contribution is 2.30. The molecule has 1 fully saturated rings. The van der Waals surface area contributed by atoms with E-state index < -0.39 is 0 Å². The Balaban J connectivity index is 2.24. The molecule has 0 saturated carbocycles. The minimum absolute atomic E-state index is 0.0181. The minimum atomic E-state index is -0.302. The summed E-state index contributed by atoms with van der Waals surface area (Å²) < 4.78 is 19.2. The molecule has 1 saturated heterocycles. The van der Waals surface area contributed by atoms with Crippen LogP contribution in [0.3, 0.4) is 0 Å². The van der Waals surface area contributed by atoms with Crippen LogP contribution in [0.15, 0.2) is 18.2 Å². The Morgan fingerprint density at radius 3 is 2.58 bits per heavy atom. The highest BCUT2D eigenvalue weighted by molar-refractivity contribution is 5.32. The summed E-state index contributed by atoms with van der Waals surface area (Å²) in [6.45, 7) is 6.39. The Morgan fingerprint density at radius 2 is 2.05 bits per heavy atom. The smallest absolute Gasteiger partial charge is 0.165 e. The molecule has 1 heterocycles. The van der Waals surface area contributed by atoms with Gasteiger partial charge in [-0.15, -0.1) is 0 Å². The third-order valence-corrected chi connectivity index (χ3v) is 3.63. The number of hydrogen-bond donors (Lipinski definition) is 1. The molecule has 1 aliphatic heterocycles. The Labute approximate surface area is 114 Å². The second-order valence-electron chi connectivity index (χ2n) is 5.17. The zero-order valence-corrected chi connectivity index (χ0v) is 11.7. The van der Waals surface area contributed by atoms with Crippen molar-refractivity contribution in [1.29, 1.82) is 0 Å². The first kappa shape index (κ1) is 14.3. The van der Waals surface area contributed by atoms with E-state index in [-0.39, 0.29) is 17.9 Å². The van der Waals surface area contributed by atoms with Crippen LogP contribution in [-0.4, -0.2) is 30.6 Å². The SMILES string of the molecule is CCOc1ccc(C(C(C)N)N2CCCC2)cc1F. The summed E-state index contributed by atoms with van der Waals surface area (Å²) in [5.74, 6) is 0.0142. The van der Waals surface area contributed by atoms with Crippen molar-refractivity contribution in [3.63, 3.8) is 0 Å². The van der Waals surface area contributed by atoms with Gasteiger partial charge >= 0.3 is 0 Å². The quantitative estimate of drug-likeness (QED) is 0.890. The van der Waals surface area contributed by atoms with Crippen molar-refractivity contribution in [1.82, 2.24) is 4.90 Å². The van der Waals surface area contributed by atoms with E-state index in [2.05, 4.69) is 4.90 Å². The monoisotopic (exact) mass is 266 g/mol. The van der Waals surface area contributed by atoms with Gasteiger partial charge in [0.15, 0.2) is 11.6 Å². The number of hydrogen-bond acceptors (Lipinski definition) is 3. The van der Waals surface area contributed by atoms with Crippen LogP contribution < -0.4 is 10.5 Å². The van der Waals surface area contributed by atoms with Crippen LogP contribution in [0.25, 0.3) is 0 Å². The van der Waals surface area contributed by atoms with E-state index in [1.165, 1.54) is 12.8 Å². The Bertz CT molecular complexity index is 417. The van der Waals surface area contributed by atoms with E-state index >= 15 is 0 Å². The van der Waals surface area contributed by atoms with Gasteiger partial charge in [0.2, 0.25) is 0 Å². The topological polar surface area (TPSA) is 38.5 Å². The summed E-state index contributed by atoms with van der Waals surface area (Å²) in [4.78, 5) is 2.35. The predicted octanol–water partition coefficient (Wildman–Crippen LogP) is 2.71. The normalized spacial score (nSPS) is 19.4. The molecule has 2 N–H and O–H groups in total. The van der Waals surface area contributed by atoms with Gasteiger partial charge < -0.3 is 10.5 Å². The molecular weight excluding hydrogens is 243 g/mol. The summed E-state index contributed by atoms with van der Waals surface area (Å²) in [5.41, 5.74) is 7.04. The molecule has 2 atom stereocenters. The molecule has 0 spiro atoms. The molecule has 1 aromatic carbocycles. The molecule has 106 valence electrons. The summed E-state index contributed by atoms with van der Waals surface area (Å²) >= 11 is 0. The first-order chi connectivity index (χ1) is 9.13. The second kappa shape index (κ2) is 6.35. The molecule has 1 aromatic rings. The third kappa shape index (κ3) is 3.25. The van der Waals surface area contributed by atoms with Crippen LogP contribution in [0.5, 0.6) is 5.75 Å². The number of benzene rings is 1. The lowest BCUT2D eigenvalue weighted by molar-refractivity contribution is 0.218. The molecule has 0 amide bonds. The van der Waals surface area contributed by atoms with Gasteiger partial charge in [-0.1, -0.05) is 6.07 Å². The van der Waals surface area contributed by atoms with Crippen molar-refractivity contribution in [3.8, 4) is 5.75 Å². The zero-order valence-electron chi connectivity index (χ0n) is 11.7. The van der Waals surface area contributed by atoms with Gasteiger partial charge in [-0.05, 0) is 57.5 Å². The van der Waals surface area contributed by atoms with E-state index in [0.29, 0.717) is 12.4 Å². The lowest BCUT2D eigenvalue weighted by Crippen LogP contribution is -2.37. The molecule has 0 bridgehead atoms. The maximum Gasteiger partial charge on any atom is 0.165 e. The molecule has 2 rings (SSSR count). The molecule has 3 nitrogen and oxygen atoms in total. The third-order valence-electron chi connectivity index (χ3n) is 3.63. The Kier molecular flexibility index (Phi) is 4.77. The highest BCUT2D eigenvalue weighted by Gasteiger charge is 2.27. The van der Waals surface area contributed by atoms with E-state index in [0.717, 1.165) is 18.7 Å². The van der Waals surface area contributed by atoms with Gasteiger partial charge in [0.25, 0.3) is 0 Å². The number of ether oxygens (including phenoxy) is 1. The van der Waals surface area contributed by atoms with Crippen LogP contribution in [0.1, 0.15) is 38.3 Å². The average molecular weight is 266 g/mol. The van der Waals surface area contributed by atoms with Crippen molar-refractivity contribution in [2.75, 3.05) is 19.7 Å². The van der Waals surface area contributed by atoms with Crippen LogP contribution >= 0.6 is 0 Å². The molecule has 0 aliphatic carbocycles. The van der Waals surface area contributed by atoms with Crippen molar-refractivity contribution in [2.24, 2.45) is 5.73 Å². The van der Waals surface area contributed by atoms with Crippen molar-refractivity contribution < 1.29 is 9.13 Å². The maximum atomic E-state index is 14.0. The molecule has 1 aliphatic rings. The summed E-state index contributed by atoms with van der Waals surface area (Å²) in [6, 6.07) is 5.28. The van der Waals surface area contributed by atoms with Gasteiger partial charge in [0, 0.05) is 12.1 Å². The lowest BCUT2D eigenvalue weighted by Gasteiger charge is -2.31.